The van der Waals surface area contributed by atoms with Gasteiger partial charge < -0.3 is 9.84 Å². The molecule has 0 aromatic heterocycles. The largest absolute Gasteiger partial charge is 0.511 e. The first-order chi connectivity index (χ1) is 14.5. The molecular formula is C29H50O2. The van der Waals surface area contributed by atoms with E-state index in [0.29, 0.717) is 11.7 Å². The second kappa shape index (κ2) is 11.1. The van der Waals surface area contributed by atoms with Crippen LogP contribution >= 0.6 is 0 Å². The van der Waals surface area contributed by atoms with E-state index in [4.69, 9.17) is 4.74 Å². The molecule has 0 saturated carbocycles. The lowest BCUT2D eigenvalue weighted by Crippen LogP contribution is -2.24. The molecular weight excluding hydrogens is 380 g/mol. The van der Waals surface area contributed by atoms with Crippen LogP contribution in [0.2, 0.25) is 0 Å². The van der Waals surface area contributed by atoms with E-state index in [9.17, 15) is 5.11 Å². The van der Waals surface area contributed by atoms with Crippen LogP contribution in [-0.2, 0) is 4.74 Å². The van der Waals surface area contributed by atoms with Gasteiger partial charge in [-0.2, -0.15) is 0 Å². The summed E-state index contributed by atoms with van der Waals surface area (Å²) in [5.74, 6) is 5.27. The first kappa shape index (κ1) is 26.1. The average Bonchev–Trinajstić information content (AvgIpc) is 2.88. The highest BCUT2D eigenvalue weighted by Gasteiger charge is 2.48. The number of allylic oxidation sites excluding steroid dienone is 6. The molecule has 1 aliphatic carbocycles. The van der Waals surface area contributed by atoms with Gasteiger partial charge in [-0.1, -0.05) is 92.9 Å². The van der Waals surface area contributed by atoms with Crippen molar-refractivity contribution >= 4 is 0 Å². The quantitative estimate of drug-likeness (QED) is 0.334. The summed E-state index contributed by atoms with van der Waals surface area (Å²) in [6.45, 7) is 20.2. The number of aliphatic hydroxyl groups excluding tert-OH is 1. The number of hydrogen-bond donors (Lipinski definition) is 1. The summed E-state index contributed by atoms with van der Waals surface area (Å²) >= 11 is 0. The fourth-order valence-electron chi connectivity index (χ4n) is 5.68. The van der Waals surface area contributed by atoms with Gasteiger partial charge in [0, 0.05) is 16.6 Å². The summed E-state index contributed by atoms with van der Waals surface area (Å²) in [6.07, 6.45) is 11.7. The highest BCUT2D eigenvalue weighted by molar-refractivity contribution is 5.58. The molecule has 0 unspecified atom stereocenters. The van der Waals surface area contributed by atoms with Gasteiger partial charge in [0.25, 0.3) is 0 Å². The molecule has 0 radical (unpaired) electrons. The van der Waals surface area contributed by atoms with E-state index >= 15 is 0 Å². The molecule has 1 aliphatic heterocycles. The molecule has 0 fully saturated rings. The Hall–Kier alpha value is -1.18. The van der Waals surface area contributed by atoms with Crippen LogP contribution < -0.4 is 0 Å². The van der Waals surface area contributed by atoms with Crippen LogP contribution in [-0.4, -0.2) is 5.11 Å². The molecule has 31 heavy (non-hydrogen) atoms. The van der Waals surface area contributed by atoms with Gasteiger partial charge in [-0.25, -0.2) is 0 Å². The molecule has 178 valence electrons. The monoisotopic (exact) mass is 430 g/mol. The van der Waals surface area contributed by atoms with Gasteiger partial charge in [0.1, 0.15) is 17.3 Å². The maximum Gasteiger partial charge on any atom is 0.107 e. The fourth-order valence-corrected chi connectivity index (χ4v) is 5.68. The molecule has 2 rings (SSSR count). The Bertz CT molecular complexity index is 708. The molecule has 1 N–H and O–H groups in total. The van der Waals surface area contributed by atoms with Crippen LogP contribution in [0.5, 0.6) is 0 Å². The topological polar surface area (TPSA) is 29.5 Å². The zero-order valence-electron chi connectivity index (χ0n) is 22.0. The Morgan fingerprint density at radius 1 is 0.839 bits per heavy atom. The Morgan fingerprint density at radius 2 is 1.35 bits per heavy atom. The van der Waals surface area contributed by atoms with E-state index in [1.165, 1.54) is 56.9 Å². The second-order valence-electron chi connectivity index (χ2n) is 11.5. The van der Waals surface area contributed by atoms with E-state index in [2.05, 4.69) is 48.5 Å². The van der Waals surface area contributed by atoms with Crippen LogP contribution in [0.1, 0.15) is 120 Å². The summed E-state index contributed by atoms with van der Waals surface area (Å²) in [7, 11) is 0. The summed E-state index contributed by atoms with van der Waals surface area (Å²) in [5.41, 5.74) is 3.22. The molecule has 0 saturated heterocycles. The van der Waals surface area contributed by atoms with Crippen molar-refractivity contribution in [2.45, 2.75) is 120 Å². The van der Waals surface area contributed by atoms with Crippen LogP contribution in [0.4, 0.5) is 0 Å². The van der Waals surface area contributed by atoms with Crippen LogP contribution in [0.3, 0.4) is 0 Å². The average molecular weight is 431 g/mol. The summed E-state index contributed by atoms with van der Waals surface area (Å²) in [6, 6.07) is 0. The van der Waals surface area contributed by atoms with Crippen molar-refractivity contribution in [2.75, 3.05) is 0 Å². The van der Waals surface area contributed by atoms with E-state index in [-0.39, 0.29) is 5.41 Å². The normalized spacial score (nSPS) is 25.9. The third-order valence-corrected chi connectivity index (χ3v) is 8.29. The third-order valence-electron chi connectivity index (χ3n) is 8.29. The van der Waals surface area contributed by atoms with E-state index in [0.717, 1.165) is 46.8 Å². The van der Waals surface area contributed by atoms with Gasteiger partial charge in [0.2, 0.25) is 0 Å². The lowest BCUT2D eigenvalue weighted by molar-refractivity contribution is 0.179. The molecule has 2 heteroatoms. The van der Waals surface area contributed by atoms with Gasteiger partial charge in [0.05, 0.1) is 0 Å². The predicted octanol–water partition coefficient (Wildman–Crippen LogP) is 9.49. The highest BCUT2D eigenvalue weighted by Crippen LogP contribution is 2.56. The fraction of sp³-hybridized carbons (Fsp3) is 0.793. The SMILES string of the molecule is CC1=C(C)C2=C(O)[C@](C)(CCC[C@H](C)CCC[C@@H](C)CCCC(C)C)[C@H](C)C2=C(C)O1. The summed E-state index contributed by atoms with van der Waals surface area (Å²) in [5, 5.41) is 11.2. The molecule has 0 spiro atoms. The van der Waals surface area contributed by atoms with Crippen LogP contribution in [0, 0.1) is 29.1 Å². The van der Waals surface area contributed by atoms with Crippen LogP contribution in [0.25, 0.3) is 0 Å². The molecule has 0 bridgehead atoms. The summed E-state index contributed by atoms with van der Waals surface area (Å²) < 4.78 is 5.98. The zero-order valence-corrected chi connectivity index (χ0v) is 22.0. The van der Waals surface area contributed by atoms with Crippen molar-refractivity contribution in [3.8, 4) is 0 Å². The van der Waals surface area contributed by atoms with Crippen molar-refractivity contribution in [1.82, 2.24) is 0 Å². The van der Waals surface area contributed by atoms with Crippen molar-refractivity contribution in [3.63, 3.8) is 0 Å². The second-order valence-corrected chi connectivity index (χ2v) is 11.5. The highest BCUT2D eigenvalue weighted by atomic mass is 16.5. The lowest BCUT2D eigenvalue weighted by atomic mass is 9.74. The standard InChI is InChI=1S/C29H50O2/c1-19(2)13-10-14-20(3)15-11-16-21(4)17-12-18-29(9)23(6)27-25(8)31-24(7)22(5)26(27)28(29)30/h19-21,23,30H,10-18H2,1-9H3/t20-,21+,23+,29+/m0/s1. The van der Waals surface area contributed by atoms with Gasteiger partial charge in [-0.05, 0) is 56.4 Å². The van der Waals surface area contributed by atoms with Crippen molar-refractivity contribution in [3.05, 3.63) is 34.0 Å². The zero-order chi connectivity index (χ0) is 23.3. The molecule has 1 heterocycles. The Labute approximate surface area is 193 Å². The van der Waals surface area contributed by atoms with Crippen molar-refractivity contribution < 1.29 is 9.84 Å². The third kappa shape index (κ3) is 6.20. The molecule has 2 nitrogen and oxygen atoms in total. The molecule has 4 atom stereocenters. The van der Waals surface area contributed by atoms with Crippen molar-refractivity contribution in [2.24, 2.45) is 29.1 Å². The summed E-state index contributed by atoms with van der Waals surface area (Å²) in [4.78, 5) is 0. The molecule has 2 aliphatic rings. The molecule has 0 aromatic rings. The Morgan fingerprint density at radius 3 is 1.90 bits per heavy atom. The maximum absolute atomic E-state index is 11.2. The number of aliphatic hydroxyl groups is 1. The lowest BCUT2D eigenvalue weighted by Gasteiger charge is -2.31. The van der Waals surface area contributed by atoms with Gasteiger partial charge in [0.15, 0.2) is 0 Å². The van der Waals surface area contributed by atoms with Crippen molar-refractivity contribution in [1.29, 1.82) is 0 Å². The predicted molar refractivity (Wildman–Crippen MR) is 134 cm³/mol. The first-order valence-corrected chi connectivity index (χ1v) is 13.0. The van der Waals surface area contributed by atoms with Crippen LogP contribution in [0.15, 0.2) is 34.0 Å². The molecule has 0 amide bonds. The minimum absolute atomic E-state index is 0.175. The van der Waals surface area contributed by atoms with Gasteiger partial charge in [-0.3, -0.25) is 0 Å². The van der Waals surface area contributed by atoms with Gasteiger partial charge in [-0.15, -0.1) is 0 Å². The number of ether oxygens (including phenoxy) is 1. The Kier molecular flexibility index (Phi) is 9.34. The van der Waals surface area contributed by atoms with E-state index in [1.54, 1.807) is 0 Å². The minimum Gasteiger partial charge on any atom is -0.511 e. The minimum atomic E-state index is -0.175. The molecule has 0 aromatic carbocycles. The number of fused-ring (bicyclic) bond motifs is 1. The van der Waals surface area contributed by atoms with E-state index in [1.807, 2.05) is 13.8 Å². The van der Waals surface area contributed by atoms with E-state index < -0.39 is 0 Å². The number of rotatable bonds is 12. The smallest absolute Gasteiger partial charge is 0.107 e. The van der Waals surface area contributed by atoms with Gasteiger partial charge >= 0.3 is 0 Å². The Balaban J connectivity index is 1.81. The maximum atomic E-state index is 11.2. The first-order valence-electron chi connectivity index (χ1n) is 13.0. The number of hydrogen-bond acceptors (Lipinski definition) is 2.